The van der Waals surface area contributed by atoms with Gasteiger partial charge in [0.05, 0.1) is 16.7 Å². The lowest BCUT2D eigenvalue weighted by molar-refractivity contribution is 0.325. The Bertz CT molecular complexity index is 508. The Balaban J connectivity index is 2.79. The van der Waals surface area contributed by atoms with Crippen molar-refractivity contribution in [2.75, 3.05) is 6.61 Å². The molecule has 0 saturated carbocycles. The highest BCUT2D eigenvalue weighted by atomic mass is 32.1. The minimum Gasteiger partial charge on any atom is -0.506 e. The van der Waals surface area contributed by atoms with Gasteiger partial charge in [0, 0.05) is 11.4 Å². The van der Waals surface area contributed by atoms with Gasteiger partial charge in [0.15, 0.2) is 11.6 Å². The summed E-state index contributed by atoms with van der Waals surface area (Å²) in [4.78, 5) is 0. The van der Waals surface area contributed by atoms with Crippen LogP contribution in [0, 0.1) is 11.6 Å². The molecule has 0 radical (unpaired) electrons. The SMILES string of the molecule is CCOc1c(F)cc(F)c2c(O)csc12. The highest BCUT2D eigenvalue weighted by Crippen LogP contribution is 2.40. The van der Waals surface area contributed by atoms with Crippen LogP contribution in [0.3, 0.4) is 0 Å². The van der Waals surface area contributed by atoms with Crippen LogP contribution in [-0.2, 0) is 0 Å². The fourth-order valence-electron chi connectivity index (χ4n) is 1.38. The first-order valence-electron chi connectivity index (χ1n) is 4.36. The van der Waals surface area contributed by atoms with Gasteiger partial charge in [-0.25, -0.2) is 8.78 Å². The summed E-state index contributed by atoms with van der Waals surface area (Å²) >= 11 is 1.05. The normalized spacial score (nSPS) is 10.9. The Labute approximate surface area is 88.7 Å². The largest absolute Gasteiger partial charge is 0.506 e. The van der Waals surface area contributed by atoms with E-state index in [1.54, 1.807) is 6.92 Å². The van der Waals surface area contributed by atoms with E-state index in [1.165, 1.54) is 5.38 Å². The van der Waals surface area contributed by atoms with Gasteiger partial charge >= 0.3 is 0 Å². The van der Waals surface area contributed by atoms with Crippen molar-refractivity contribution in [3.8, 4) is 11.5 Å². The maximum Gasteiger partial charge on any atom is 0.173 e. The summed E-state index contributed by atoms with van der Waals surface area (Å²) in [5, 5.41) is 10.7. The monoisotopic (exact) mass is 230 g/mol. The topological polar surface area (TPSA) is 29.5 Å². The molecule has 80 valence electrons. The molecule has 0 unspecified atom stereocenters. The van der Waals surface area contributed by atoms with Gasteiger partial charge in [0.25, 0.3) is 0 Å². The van der Waals surface area contributed by atoms with E-state index in [0.29, 0.717) is 4.70 Å². The number of hydrogen-bond donors (Lipinski definition) is 1. The first-order valence-corrected chi connectivity index (χ1v) is 5.24. The maximum atomic E-state index is 13.3. The van der Waals surface area contributed by atoms with Crippen molar-refractivity contribution < 1.29 is 18.6 Å². The molecule has 0 fully saturated rings. The zero-order valence-corrected chi connectivity index (χ0v) is 8.70. The summed E-state index contributed by atoms with van der Waals surface area (Å²) in [5.74, 6) is -1.71. The van der Waals surface area contributed by atoms with Crippen LogP contribution in [0.2, 0.25) is 0 Å². The molecule has 1 aromatic carbocycles. The highest BCUT2D eigenvalue weighted by Gasteiger charge is 2.17. The number of benzene rings is 1. The van der Waals surface area contributed by atoms with Gasteiger partial charge in [-0.15, -0.1) is 11.3 Å². The molecule has 0 bridgehead atoms. The number of ether oxygens (including phenoxy) is 1. The zero-order valence-electron chi connectivity index (χ0n) is 7.88. The van der Waals surface area contributed by atoms with Crippen LogP contribution in [0.4, 0.5) is 8.78 Å². The second-order valence-electron chi connectivity index (χ2n) is 2.93. The lowest BCUT2D eigenvalue weighted by Crippen LogP contribution is -1.95. The molecule has 1 N–H and O–H groups in total. The molecule has 0 aliphatic rings. The predicted octanol–water partition coefficient (Wildman–Crippen LogP) is 3.28. The lowest BCUT2D eigenvalue weighted by Gasteiger charge is -2.06. The molecule has 0 atom stereocenters. The van der Waals surface area contributed by atoms with Crippen LogP contribution in [0.25, 0.3) is 10.1 Å². The fraction of sp³-hybridized carbons (Fsp3) is 0.200. The smallest absolute Gasteiger partial charge is 0.173 e. The lowest BCUT2D eigenvalue weighted by atomic mass is 10.2. The third kappa shape index (κ3) is 1.52. The van der Waals surface area contributed by atoms with E-state index in [9.17, 15) is 13.9 Å². The fourth-order valence-corrected chi connectivity index (χ4v) is 2.31. The second kappa shape index (κ2) is 3.66. The Morgan fingerprint density at radius 1 is 1.40 bits per heavy atom. The second-order valence-corrected chi connectivity index (χ2v) is 3.81. The minimum atomic E-state index is -0.773. The molecular weight excluding hydrogens is 222 g/mol. The average Bonchev–Trinajstić information content (AvgIpc) is 2.55. The molecule has 0 aliphatic heterocycles. The third-order valence-corrected chi connectivity index (χ3v) is 2.94. The number of hydrogen-bond acceptors (Lipinski definition) is 3. The molecule has 5 heteroatoms. The molecule has 1 heterocycles. The van der Waals surface area contributed by atoms with Gasteiger partial charge in [0.1, 0.15) is 11.6 Å². The van der Waals surface area contributed by atoms with Crippen molar-refractivity contribution in [2.24, 2.45) is 0 Å². The molecule has 0 aliphatic carbocycles. The van der Waals surface area contributed by atoms with Crippen molar-refractivity contribution in [3.05, 3.63) is 23.1 Å². The average molecular weight is 230 g/mol. The Hall–Kier alpha value is -1.36. The highest BCUT2D eigenvalue weighted by molar-refractivity contribution is 7.18. The molecule has 2 rings (SSSR count). The van der Waals surface area contributed by atoms with Crippen LogP contribution in [0.1, 0.15) is 6.92 Å². The number of aromatic hydroxyl groups is 1. The van der Waals surface area contributed by atoms with E-state index < -0.39 is 11.6 Å². The van der Waals surface area contributed by atoms with Gasteiger partial charge < -0.3 is 9.84 Å². The summed E-state index contributed by atoms with van der Waals surface area (Å²) in [6.07, 6.45) is 0. The third-order valence-electron chi connectivity index (χ3n) is 1.98. The molecule has 0 spiro atoms. The summed E-state index contributed by atoms with van der Waals surface area (Å²) in [7, 11) is 0. The molecule has 2 aromatic rings. The Morgan fingerprint density at radius 3 is 2.80 bits per heavy atom. The van der Waals surface area contributed by atoms with Crippen LogP contribution in [0.5, 0.6) is 11.5 Å². The number of rotatable bonds is 2. The van der Waals surface area contributed by atoms with Crippen molar-refractivity contribution in [2.45, 2.75) is 6.92 Å². The van der Waals surface area contributed by atoms with E-state index in [1.807, 2.05) is 0 Å². The van der Waals surface area contributed by atoms with Gasteiger partial charge in [-0.05, 0) is 6.92 Å². The first-order chi connectivity index (χ1) is 7.15. The van der Waals surface area contributed by atoms with Crippen molar-refractivity contribution >= 4 is 21.4 Å². The quantitative estimate of drug-likeness (QED) is 0.857. The van der Waals surface area contributed by atoms with Crippen LogP contribution in [0.15, 0.2) is 11.4 Å². The summed E-state index contributed by atoms with van der Waals surface area (Å²) < 4.78 is 32.0. The van der Waals surface area contributed by atoms with Gasteiger partial charge in [-0.1, -0.05) is 0 Å². The molecule has 0 amide bonds. The summed E-state index contributed by atoms with van der Waals surface area (Å²) in [5.41, 5.74) is 0. The maximum absolute atomic E-state index is 13.3. The van der Waals surface area contributed by atoms with Gasteiger partial charge in [0.2, 0.25) is 0 Å². The predicted molar refractivity (Wildman–Crippen MR) is 54.6 cm³/mol. The van der Waals surface area contributed by atoms with E-state index in [4.69, 9.17) is 4.74 Å². The minimum absolute atomic E-state index is 0.000741. The standard InChI is InChI=1S/C10H8F2O2S/c1-2-14-9-6(12)3-5(11)8-7(13)4-15-10(8)9/h3-4,13H,2H2,1H3. The number of thiophene rings is 1. The summed E-state index contributed by atoms with van der Waals surface area (Å²) in [6.45, 7) is 2.00. The molecule has 0 saturated heterocycles. The number of halogens is 2. The number of fused-ring (bicyclic) bond motifs is 1. The zero-order chi connectivity index (χ0) is 11.0. The van der Waals surface area contributed by atoms with E-state index in [2.05, 4.69) is 0 Å². The van der Waals surface area contributed by atoms with E-state index >= 15 is 0 Å². The van der Waals surface area contributed by atoms with Crippen LogP contribution < -0.4 is 4.74 Å². The van der Waals surface area contributed by atoms with Crippen molar-refractivity contribution in [3.63, 3.8) is 0 Å². The summed E-state index contributed by atoms with van der Waals surface area (Å²) in [6, 6.07) is 0.722. The molecular formula is C10H8F2O2S. The van der Waals surface area contributed by atoms with Crippen LogP contribution in [-0.4, -0.2) is 11.7 Å². The molecule has 2 nitrogen and oxygen atoms in total. The van der Waals surface area contributed by atoms with Crippen molar-refractivity contribution in [1.82, 2.24) is 0 Å². The van der Waals surface area contributed by atoms with Gasteiger partial charge in [-0.2, -0.15) is 0 Å². The van der Waals surface area contributed by atoms with E-state index in [-0.39, 0.29) is 23.5 Å². The Morgan fingerprint density at radius 2 is 2.13 bits per heavy atom. The Kier molecular flexibility index (Phi) is 2.48. The van der Waals surface area contributed by atoms with Gasteiger partial charge in [-0.3, -0.25) is 0 Å². The molecule has 1 aromatic heterocycles. The van der Waals surface area contributed by atoms with Crippen LogP contribution >= 0.6 is 11.3 Å². The van der Waals surface area contributed by atoms with Crippen molar-refractivity contribution in [1.29, 1.82) is 0 Å². The first kappa shape index (κ1) is 10.2. The molecule has 15 heavy (non-hydrogen) atoms. The van der Waals surface area contributed by atoms with E-state index in [0.717, 1.165) is 17.4 Å².